The number of hydrogen-bond acceptors (Lipinski definition) is 6. The number of unbranched alkanes of at least 4 members (excludes halogenated alkanes) is 4. The number of aliphatic imine (C=N–C) groups is 1. The Labute approximate surface area is 194 Å². The number of esters is 1. The highest BCUT2D eigenvalue weighted by atomic mass is 16.5. The largest absolute Gasteiger partial charge is 0.494 e. The highest BCUT2D eigenvalue weighted by Gasteiger charge is 2.39. The van der Waals surface area contributed by atoms with E-state index in [1.807, 2.05) is 48.5 Å². The van der Waals surface area contributed by atoms with Gasteiger partial charge in [-0.25, -0.2) is 4.99 Å². The monoisotopic (exact) mass is 449 g/mol. The first-order valence-corrected chi connectivity index (χ1v) is 11.7. The van der Waals surface area contributed by atoms with Crippen LogP contribution in [0, 0.1) is 0 Å². The Morgan fingerprint density at radius 1 is 1.06 bits per heavy atom. The lowest BCUT2D eigenvalue weighted by molar-refractivity contribution is -0.141. The molecule has 0 bridgehead atoms. The van der Waals surface area contributed by atoms with Gasteiger partial charge in [0.1, 0.15) is 11.8 Å². The SMILES string of the molecule is CC(=O)OCCCCCCCOc1ccc2c(c1)CN1C(=N2)NC(=O)C1Cc1ccccc1. The quantitative estimate of drug-likeness (QED) is 0.412. The summed E-state index contributed by atoms with van der Waals surface area (Å²) in [5.41, 5.74) is 3.08. The van der Waals surface area contributed by atoms with Crippen LogP contribution in [0.25, 0.3) is 0 Å². The second kappa shape index (κ2) is 11.0. The minimum absolute atomic E-state index is 0.00487. The fraction of sp³-hybridized carbons (Fsp3) is 0.423. The number of nitrogens with one attached hydrogen (secondary N) is 1. The molecule has 0 aromatic heterocycles. The molecule has 2 heterocycles. The molecule has 4 rings (SSSR count). The predicted octanol–water partition coefficient (Wildman–Crippen LogP) is 4.12. The molecule has 7 nitrogen and oxygen atoms in total. The van der Waals surface area contributed by atoms with Crippen LogP contribution in [0.4, 0.5) is 5.69 Å². The molecule has 1 unspecified atom stereocenters. The van der Waals surface area contributed by atoms with Gasteiger partial charge in [0.05, 0.1) is 18.9 Å². The number of guanidine groups is 1. The van der Waals surface area contributed by atoms with Crippen molar-refractivity contribution in [2.45, 2.75) is 58.0 Å². The van der Waals surface area contributed by atoms with Gasteiger partial charge >= 0.3 is 5.97 Å². The number of fused-ring (bicyclic) bond motifs is 2. The predicted molar refractivity (Wildman–Crippen MR) is 126 cm³/mol. The van der Waals surface area contributed by atoms with Gasteiger partial charge in [-0.05, 0) is 36.6 Å². The van der Waals surface area contributed by atoms with Gasteiger partial charge in [-0.2, -0.15) is 0 Å². The van der Waals surface area contributed by atoms with E-state index in [-0.39, 0.29) is 17.9 Å². The summed E-state index contributed by atoms with van der Waals surface area (Å²) in [5.74, 6) is 1.25. The Morgan fingerprint density at radius 3 is 2.61 bits per heavy atom. The first kappa shape index (κ1) is 22.8. The normalized spacial score (nSPS) is 16.5. The lowest BCUT2D eigenvalue weighted by Gasteiger charge is -2.28. The average molecular weight is 450 g/mol. The van der Waals surface area contributed by atoms with Crippen molar-refractivity contribution in [2.75, 3.05) is 13.2 Å². The highest BCUT2D eigenvalue weighted by Crippen LogP contribution is 2.32. The molecule has 2 aliphatic rings. The number of nitrogens with zero attached hydrogens (tertiary/aromatic N) is 2. The minimum Gasteiger partial charge on any atom is -0.494 e. The van der Waals surface area contributed by atoms with Crippen LogP contribution in [0.2, 0.25) is 0 Å². The lowest BCUT2D eigenvalue weighted by Crippen LogP contribution is -2.38. The van der Waals surface area contributed by atoms with Gasteiger partial charge in [-0.1, -0.05) is 49.6 Å². The highest BCUT2D eigenvalue weighted by molar-refractivity contribution is 6.07. The summed E-state index contributed by atoms with van der Waals surface area (Å²) >= 11 is 0. The summed E-state index contributed by atoms with van der Waals surface area (Å²) in [6.45, 7) is 3.24. The molecule has 1 N–H and O–H groups in total. The summed E-state index contributed by atoms with van der Waals surface area (Å²) in [6, 6.07) is 15.7. The summed E-state index contributed by atoms with van der Waals surface area (Å²) in [4.78, 5) is 30.1. The summed E-state index contributed by atoms with van der Waals surface area (Å²) in [7, 11) is 0. The van der Waals surface area contributed by atoms with Gasteiger partial charge < -0.3 is 14.4 Å². The third-order valence-electron chi connectivity index (χ3n) is 5.94. The molecule has 1 fully saturated rings. The van der Waals surface area contributed by atoms with Crippen molar-refractivity contribution in [3.05, 3.63) is 59.7 Å². The maximum Gasteiger partial charge on any atom is 0.302 e. The van der Waals surface area contributed by atoms with Crippen LogP contribution < -0.4 is 10.1 Å². The third kappa shape index (κ3) is 6.12. The van der Waals surface area contributed by atoms with E-state index >= 15 is 0 Å². The van der Waals surface area contributed by atoms with Crippen molar-refractivity contribution in [1.29, 1.82) is 0 Å². The minimum atomic E-state index is -0.260. The van der Waals surface area contributed by atoms with Gasteiger partial charge in [-0.15, -0.1) is 0 Å². The van der Waals surface area contributed by atoms with Crippen molar-refractivity contribution in [2.24, 2.45) is 4.99 Å². The van der Waals surface area contributed by atoms with E-state index in [1.54, 1.807) is 0 Å². The molecular weight excluding hydrogens is 418 g/mol. The topological polar surface area (TPSA) is 80.2 Å². The number of benzene rings is 2. The van der Waals surface area contributed by atoms with Crippen molar-refractivity contribution in [3.63, 3.8) is 0 Å². The van der Waals surface area contributed by atoms with Gasteiger partial charge in [0, 0.05) is 25.5 Å². The summed E-state index contributed by atoms with van der Waals surface area (Å²) < 4.78 is 10.9. The number of carbonyl (C=O) groups excluding carboxylic acids is 2. The van der Waals surface area contributed by atoms with E-state index in [0.717, 1.165) is 54.7 Å². The third-order valence-corrected chi connectivity index (χ3v) is 5.94. The second-order valence-electron chi connectivity index (χ2n) is 8.50. The second-order valence-corrected chi connectivity index (χ2v) is 8.50. The van der Waals surface area contributed by atoms with Gasteiger partial charge in [0.2, 0.25) is 11.9 Å². The van der Waals surface area contributed by atoms with E-state index in [1.165, 1.54) is 6.92 Å². The van der Waals surface area contributed by atoms with Crippen molar-refractivity contribution in [1.82, 2.24) is 10.2 Å². The van der Waals surface area contributed by atoms with E-state index in [0.29, 0.717) is 32.1 Å². The first-order chi connectivity index (χ1) is 16.1. The van der Waals surface area contributed by atoms with Crippen LogP contribution in [0.15, 0.2) is 53.5 Å². The van der Waals surface area contributed by atoms with E-state index in [4.69, 9.17) is 9.47 Å². The maximum absolute atomic E-state index is 12.6. The first-order valence-electron chi connectivity index (χ1n) is 11.7. The van der Waals surface area contributed by atoms with E-state index in [2.05, 4.69) is 15.2 Å². The molecule has 7 heteroatoms. The molecule has 0 aliphatic carbocycles. The molecule has 0 saturated carbocycles. The zero-order valence-electron chi connectivity index (χ0n) is 19.1. The molecular formula is C26H31N3O4. The standard InChI is InChI=1S/C26H31N3O4/c1-19(30)32-14-8-3-2-4-9-15-33-22-12-13-23-21(17-22)18-29-24(25(31)28-26(29)27-23)16-20-10-6-5-7-11-20/h5-7,10-13,17,24H,2-4,8-9,14-16,18H2,1H3,(H,27,28,31). The molecule has 2 aromatic rings. The molecule has 2 aliphatic heterocycles. The molecule has 1 saturated heterocycles. The molecule has 33 heavy (non-hydrogen) atoms. The number of amides is 1. The van der Waals surface area contributed by atoms with Crippen molar-refractivity contribution in [3.8, 4) is 5.75 Å². The fourth-order valence-electron chi connectivity index (χ4n) is 4.20. The Hall–Kier alpha value is -3.35. The fourth-order valence-corrected chi connectivity index (χ4v) is 4.20. The van der Waals surface area contributed by atoms with Crippen LogP contribution in [0.1, 0.15) is 50.2 Å². The van der Waals surface area contributed by atoms with Crippen LogP contribution >= 0.6 is 0 Å². The van der Waals surface area contributed by atoms with Gasteiger partial charge in [0.15, 0.2) is 0 Å². The molecule has 174 valence electrons. The van der Waals surface area contributed by atoms with Crippen LogP contribution in [0.5, 0.6) is 5.75 Å². The maximum atomic E-state index is 12.6. The zero-order chi connectivity index (χ0) is 23.0. The Bertz CT molecular complexity index is 1010. The Kier molecular flexibility index (Phi) is 7.60. The number of hydrogen-bond donors (Lipinski definition) is 1. The molecule has 1 amide bonds. The molecule has 1 atom stereocenters. The lowest BCUT2D eigenvalue weighted by atomic mass is 10.0. The van der Waals surface area contributed by atoms with E-state index < -0.39 is 0 Å². The number of rotatable bonds is 11. The molecule has 0 spiro atoms. The molecule has 0 radical (unpaired) electrons. The van der Waals surface area contributed by atoms with Gasteiger partial charge in [0.25, 0.3) is 0 Å². The van der Waals surface area contributed by atoms with Crippen molar-refractivity contribution >= 4 is 23.5 Å². The van der Waals surface area contributed by atoms with Crippen molar-refractivity contribution < 1.29 is 19.1 Å². The Balaban J connectivity index is 1.26. The van der Waals surface area contributed by atoms with Gasteiger partial charge in [-0.3, -0.25) is 14.9 Å². The van der Waals surface area contributed by atoms with Crippen LogP contribution in [-0.4, -0.2) is 42.0 Å². The van der Waals surface area contributed by atoms with E-state index in [9.17, 15) is 9.59 Å². The molecule has 2 aromatic carbocycles. The number of ether oxygens (including phenoxy) is 2. The summed E-state index contributed by atoms with van der Waals surface area (Å²) in [6.07, 6.45) is 5.79. The smallest absolute Gasteiger partial charge is 0.302 e. The average Bonchev–Trinajstić information content (AvgIpc) is 3.10. The van der Waals surface area contributed by atoms with Crippen LogP contribution in [-0.2, 0) is 27.3 Å². The van der Waals surface area contributed by atoms with Crippen LogP contribution in [0.3, 0.4) is 0 Å². The summed E-state index contributed by atoms with van der Waals surface area (Å²) in [5, 5.41) is 2.93. The number of carbonyl (C=O) groups is 2. The zero-order valence-corrected chi connectivity index (χ0v) is 19.1. The Morgan fingerprint density at radius 2 is 1.82 bits per heavy atom.